The van der Waals surface area contributed by atoms with Crippen molar-refractivity contribution in [3.8, 4) is 11.5 Å². The van der Waals surface area contributed by atoms with E-state index in [9.17, 15) is 5.11 Å². The Kier molecular flexibility index (Phi) is 10.5. The molecule has 0 spiro atoms. The Morgan fingerprint density at radius 2 is 1.66 bits per heavy atom. The predicted molar refractivity (Wildman–Crippen MR) is 137 cm³/mol. The van der Waals surface area contributed by atoms with Gasteiger partial charge in [-0.05, 0) is 62.2 Å². The van der Waals surface area contributed by atoms with Crippen molar-refractivity contribution in [2.24, 2.45) is 0 Å². The van der Waals surface area contributed by atoms with Gasteiger partial charge in [-0.1, -0.05) is 56.8 Å². The lowest BCUT2D eigenvalue weighted by Crippen LogP contribution is -2.45. The molecule has 0 saturated heterocycles. The van der Waals surface area contributed by atoms with E-state index < -0.39 is 6.10 Å². The minimum Gasteiger partial charge on any atom is -0.487 e. The highest BCUT2D eigenvalue weighted by Gasteiger charge is 2.20. The zero-order valence-electron chi connectivity index (χ0n) is 19.6. The highest BCUT2D eigenvalue weighted by Crippen LogP contribution is 2.27. The Morgan fingerprint density at radius 3 is 2.19 bits per heavy atom. The molecule has 1 atom stereocenters. The van der Waals surface area contributed by atoms with Gasteiger partial charge in [0.15, 0.2) is 16.6 Å². The van der Waals surface area contributed by atoms with Gasteiger partial charge in [0.25, 0.3) is 0 Å². The molecule has 0 saturated carbocycles. The first-order valence-electron chi connectivity index (χ1n) is 11.2. The molecule has 1 unspecified atom stereocenters. The van der Waals surface area contributed by atoms with Gasteiger partial charge >= 0.3 is 0 Å². The highest BCUT2D eigenvalue weighted by molar-refractivity contribution is 7.80. The Morgan fingerprint density at radius 1 is 1.06 bits per heavy atom. The smallest absolute Gasteiger partial charge is 0.173 e. The highest BCUT2D eigenvalue weighted by atomic mass is 32.1. The van der Waals surface area contributed by atoms with Crippen LogP contribution in [0.25, 0.3) is 0 Å². The molecule has 6 heteroatoms. The molecule has 0 fully saturated rings. The minimum atomic E-state index is -0.725. The van der Waals surface area contributed by atoms with Crippen LogP contribution in [0.5, 0.6) is 11.5 Å². The number of hydrogen-bond donors (Lipinski definition) is 2. The van der Waals surface area contributed by atoms with Crippen molar-refractivity contribution < 1.29 is 14.6 Å². The van der Waals surface area contributed by atoms with Gasteiger partial charge in [0.2, 0.25) is 0 Å². The van der Waals surface area contributed by atoms with Gasteiger partial charge in [-0.2, -0.15) is 0 Å². The molecule has 0 radical (unpaired) electrons. The number of para-hydroxylation sites is 3. The summed E-state index contributed by atoms with van der Waals surface area (Å²) in [5.74, 6) is 1.22. The van der Waals surface area contributed by atoms with Crippen LogP contribution in [-0.4, -0.2) is 47.0 Å². The maximum Gasteiger partial charge on any atom is 0.173 e. The number of thiocarbonyl (C=S) groups is 1. The lowest BCUT2D eigenvalue weighted by Gasteiger charge is -2.32. The van der Waals surface area contributed by atoms with E-state index in [1.54, 1.807) is 6.08 Å². The summed E-state index contributed by atoms with van der Waals surface area (Å²) >= 11 is 5.75. The summed E-state index contributed by atoms with van der Waals surface area (Å²) < 4.78 is 11.5. The predicted octanol–water partition coefficient (Wildman–Crippen LogP) is 5.22. The zero-order chi connectivity index (χ0) is 23.5. The Hall–Kier alpha value is -2.57. The monoisotopic (exact) mass is 456 g/mol. The normalized spacial score (nSPS) is 11.7. The van der Waals surface area contributed by atoms with E-state index >= 15 is 0 Å². The number of rotatable bonds is 12. The Balaban J connectivity index is 2.05. The quantitative estimate of drug-likeness (QED) is 0.337. The molecule has 0 bridgehead atoms. The van der Waals surface area contributed by atoms with Gasteiger partial charge in [0.05, 0.1) is 0 Å². The first-order chi connectivity index (χ1) is 15.4. The molecular formula is C26H36N2O3S. The number of hydrogen-bond acceptors (Lipinski definition) is 4. The fourth-order valence-corrected chi connectivity index (χ4v) is 3.80. The summed E-state index contributed by atoms with van der Waals surface area (Å²) in [6.45, 7) is 12.9. The van der Waals surface area contributed by atoms with Crippen LogP contribution < -0.4 is 14.8 Å². The van der Waals surface area contributed by atoms with Crippen molar-refractivity contribution in [3.05, 3.63) is 66.2 Å². The molecule has 0 aliphatic heterocycles. The van der Waals surface area contributed by atoms with Crippen molar-refractivity contribution in [1.82, 2.24) is 4.90 Å². The molecule has 0 aliphatic rings. The maximum atomic E-state index is 10.7. The van der Waals surface area contributed by atoms with E-state index in [0.29, 0.717) is 29.8 Å². The van der Waals surface area contributed by atoms with E-state index in [2.05, 4.69) is 57.8 Å². The topological polar surface area (TPSA) is 54.0 Å². The molecular weight excluding hydrogens is 420 g/mol. The summed E-state index contributed by atoms with van der Waals surface area (Å²) in [6, 6.07) is 13.9. The standard InChI is InChI=1S/C26H36N2O3S/c1-6-16-30-23-14-9-10-15-24(23)31-18-22(29)17-28(19(4)5)26(32)27-25-20(7-2)12-11-13-21(25)8-3/h6,9-15,19,22,29H,1,7-8,16-18H2,2-5H3,(H,27,32). The summed E-state index contributed by atoms with van der Waals surface area (Å²) in [6.07, 6.45) is 2.80. The van der Waals surface area contributed by atoms with Crippen molar-refractivity contribution in [3.63, 3.8) is 0 Å². The van der Waals surface area contributed by atoms with Crippen LogP contribution in [0.1, 0.15) is 38.8 Å². The van der Waals surface area contributed by atoms with Gasteiger partial charge in [-0.25, -0.2) is 0 Å². The lowest BCUT2D eigenvalue weighted by molar-refractivity contribution is 0.0800. The fraction of sp³-hybridized carbons (Fsp3) is 0.423. The van der Waals surface area contributed by atoms with Crippen molar-refractivity contribution in [2.45, 2.75) is 52.7 Å². The Labute approximate surface area is 198 Å². The number of anilines is 1. The number of aliphatic hydroxyl groups excluding tert-OH is 1. The number of nitrogens with one attached hydrogen (secondary N) is 1. The second-order valence-corrected chi connectivity index (χ2v) is 8.23. The third-order valence-corrected chi connectivity index (χ3v) is 5.50. The summed E-state index contributed by atoms with van der Waals surface area (Å²) in [5.41, 5.74) is 3.54. The van der Waals surface area contributed by atoms with Gasteiger partial charge in [0, 0.05) is 18.3 Å². The molecule has 5 nitrogen and oxygen atoms in total. The minimum absolute atomic E-state index is 0.117. The lowest BCUT2D eigenvalue weighted by atomic mass is 10.0. The van der Waals surface area contributed by atoms with Crippen molar-refractivity contribution >= 4 is 23.0 Å². The van der Waals surface area contributed by atoms with Crippen molar-refractivity contribution in [2.75, 3.05) is 25.1 Å². The van der Waals surface area contributed by atoms with Gasteiger partial charge in [-0.15, -0.1) is 0 Å². The molecule has 0 aliphatic carbocycles. The molecule has 0 heterocycles. The molecule has 2 N–H and O–H groups in total. The zero-order valence-corrected chi connectivity index (χ0v) is 20.5. The largest absolute Gasteiger partial charge is 0.487 e. The average Bonchev–Trinajstić information content (AvgIpc) is 2.80. The van der Waals surface area contributed by atoms with Crippen LogP contribution in [-0.2, 0) is 12.8 Å². The molecule has 32 heavy (non-hydrogen) atoms. The summed E-state index contributed by atoms with van der Waals surface area (Å²) in [4.78, 5) is 2.00. The van der Waals surface area contributed by atoms with Crippen LogP contribution >= 0.6 is 12.2 Å². The molecule has 2 aromatic carbocycles. The van der Waals surface area contributed by atoms with E-state index in [4.69, 9.17) is 21.7 Å². The van der Waals surface area contributed by atoms with Crippen LogP contribution in [0.2, 0.25) is 0 Å². The SMILES string of the molecule is C=CCOc1ccccc1OCC(O)CN(C(=S)Nc1c(CC)cccc1CC)C(C)C. The third-order valence-electron chi connectivity index (χ3n) is 5.16. The van der Waals surface area contributed by atoms with Gasteiger partial charge in [-0.3, -0.25) is 0 Å². The number of benzene rings is 2. The van der Waals surface area contributed by atoms with E-state index in [-0.39, 0.29) is 12.6 Å². The van der Waals surface area contributed by atoms with Crippen LogP contribution in [0.3, 0.4) is 0 Å². The maximum absolute atomic E-state index is 10.7. The number of aryl methyl sites for hydroxylation is 2. The molecule has 174 valence electrons. The molecule has 2 rings (SSSR count). The summed E-state index contributed by atoms with van der Waals surface area (Å²) in [7, 11) is 0. The molecule has 0 aromatic heterocycles. The van der Waals surface area contributed by atoms with E-state index in [0.717, 1.165) is 18.5 Å². The Bertz CT molecular complexity index is 863. The van der Waals surface area contributed by atoms with E-state index in [1.807, 2.05) is 29.2 Å². The van der Waals surface area contributed by atoms with Crippen molar-refractivity contribution in [1.29, 1.82) is 0 Å². The van der Waals surface area contributed by atoms with Gasteiger partial charge < -0.3 is 24.8 Å². The molecule has 2 aromatic rings. The second-order valence-electron chi connectivity index (χ2n) is 7.85. The number of nitrogens with zero attached hydrogens (tertiary/aromatic N) is 1. The number of aliphatic hydroxyl groups is 1. The number of ether oxygens (including phenoxy) is 2. The second kappa shape index (κ2) is 13.1. The van der Waals surface area contributed by atoms with E-state index in [1.165, 1.54) is 11.1 Å². The average molecular weight is 457 g/mol. The first kappa shape index (κ1) is 25.7. The van der Waals surface area contributed by atoms with Crippen LogP contribution in [0.15, 0.2) is 55.1 Å². The van der Waals surface area contributed by atoms with Crippen LogP contribution in [0, 0.1) is 0 Å². The summed E-state index contributed by atoms with van der Waals surface area (Å²) in [5, 5.41) is 14.8. The molecule has 0 amide bonds. The first-order valence-corrected chi connectivity index (χ1v) is 11.6. The van der Waals surface area contributed by atoms with Crippen LogP contribution in [0.4, 0.5) is 5.69 Å². The van der Waals surface area contributed by atoms with Gasteiger partial charge in [0.1, 0.15) is 19.3 Å². The third kappa shape index (κ3) is 7.24. The fourth-order valence-electron chi connectivity index (χ4n) is 3.41.